The molecule has 4 rings (SSSR count). The normalized spacial score (nSPS) is 23.1. The van der Waals surface area contributed by atoms with E-state index in [9.17, 15) is 19.2 Å². The van der Waals surface area contributed by atoms with Gasteiger partial charge in [-0.2, -0.15) is 4.73 Å². The molecular weight excluding hydrogens is 412 g/mol. The highest BCUT2D eigenvalue weighted by Crippen LogP contribution is 2.23. The van der Waals surface area contributed by atoms with Crippen molar-refractivity contribution in [1.29, 1.82) is 0 Å². The number of carbonyl (C=O) groups is 4. The maximum atomic E-state index is 13.0. The van der Waals surface area contributed by atoms with Gasteiger partial charge in [-0.15, -0.1) is 0 Å². The summed E-state index contributed by atoms with van der Waals surface area (Å²) in [7, 11) is 1.55. The minimum Gasteiger partial charge on any atom is -0.417 e. The molecule has 0 bridgehead atoms. The van der Waals surface area contributed by atoms with Crippen LogP contribution in [0.2, 0.25) is 0 Å². The number of ketones is 1. The molecule has 2 N–H and O–H groups in total. The number of para-hydroxylation sites is 1. The number of aromatic nitrogens is 1. The average Bonchev–Trinajstić information content (AvgIpc) is 3.17. The predicted octanol–water partition coefficient (Wildman–Crippen LogP) is 0.587. The van der Waals surface area contributed by atoms with Gasteiger partial charge < -0.3 is 20.4 Å². The Balaban J connectivity index is 1.57. The minimum absolute atomic E-state index is 0.0129. The summed E-state index contributed by atoms with van der Waals surface area (Å²) in [5, 5.41) is 6.33. The van der Waals surface area contributed by atoms with Crippen LogP contribution >= 0.6 is 0 Å². The molecule has 1 aromatic carbocycles. The van der Waals surface area contributed by atoms with Gasteiger partial charge in [0.05, 0.1) is 18.1 Å². The fraction of sp³-hybridized carbons (Fsp3) is 0.478. The standard InChI is InChI=1S/C23H28N4O5/c1-32-27-14-15(16-6-2-3-7-18(16)27)12-17-23(31)24-13-22(30)26-11-5-4-8-19(26)20(28)9-10-21(29)25-17/h2-3,6-7,14,17,19H,4-5,8-13H2,1H3,(H,24,31)(H,25,29)/t17?,19-/m1/s1. The van der Waals surface area contributed by atoms with E-state index in [-0.39, 0.29) is 43.4 Å². The Hall–Kier alpha value is -3.36. The maximum absolute atomic E-state index is 13.0. The van der Waals surface area contributed by atoms with Gasteiger partial charge in [0.2, 0.25) is 17.7 Å². The second-order valence-corrected chi connectivity index (χ2v) is 8.29. The molecular formula is C23H28N4O5. The van der Waals surface area contributed by atoms with Gasteiger partial charge in [0.1, 0.15) is 13.2 Å². The predicted molar refractivity (Wildman–Crippen MR) is 117 cm³/mol. The number of piperidine rings is 1. The van der Waals surface area contributed by atoms with Crippen molar-refractivity contribution in [1.82, 2.24) is 20.3 Å². The molecule has 9 nitrogen and oxygen atoms in total. The number of hydrogen-bond acceptors (Lipinski definition) is 5. The Bertz CT molecular complexity index is 1050. The highest BCUT2D eigenvalue weighted by atomic mass is 16.6. The monoisotopic (exact) mass is 440 g/mol. The number of amides is 3. The third-order valence-corrected chi connectivity index (χ3v) is 6.24. The van der Waals surface area contributed by atoms with Crippen LogP contribution in [0.1, 0.15) is 37.7 Å². The van der Waals surface area contributed by atoms with Crippen LogP contribution < -0.4 is 15.5 Å². The SMILES string of the molecule is COn1cc(CC2NC(=O)CCC(=O)[C@H]3CCCCN3C(=O)CNC2=O)c2ccccc21. The molecule has 3 amide bonds. The summed E-state index contributed by atoms with van der Waals surface area (Å²) in [6.07, 6.45) is 4.35. The van der Waals surface area contributed by atoms with Crippen LogP contribution in [0.3, 0.4) is 0 Å². The molecule has 0 spiro atoms. The topological polar surface area (TPSA) is 110 Å². The van der Waals surface area contributed by atoms with Crippen molar-refractivity contribution in [3.8, 4) is 0 Å². The molecule has 9 heteroatoms. The first-order valence-corrected chi connectivity index (χ1v) is 11.0. The summed E-state index contributed by atoms with van der Waals surface area (Å²) in [5.74, 6) is -1.15. The van der Waals surface area contributed by atoms with Crippen molar-refractivity contribution in [2.24, 2.45) is 0 Å². The Morgan fingerprint density at radius 3 is 2.72 bits per heavy atom. The number of hydrogen-bond donors (Lipinski definition) is 2. The van der Waals surface area contributed by atoms with Crippen molar-refractivity contribution in [2.75, 3.05) is 20.2 Å². The lowest BCUT2D eigenvalue weighted by atomic mass is 9.95. The van der Waals surface area contributed by atoms with Gasteiger partial charge >= 0.3 is 0 Å². The molecule has 0 saturated carbocycles. The molecule has 2 aliphatic heterocycles. The summed E-state index contributed by atoms with van der Waals surface area (Å²) >= 11 is 0. The number of benzene rings is 1. The Kier molecular flexibility index (Phi) is 6.43. The fourth-order valence-corrected chi connectivity index (χ4v) is 4.58. The highest BCUT2D eigenvalue weighted by Gasteiger charge is 2.33. The second-order valence-electron chi connectivity index (χ2n) is 8.29. The molecule has 0 aliphatic carbocycles. The molecule has 2 saturated heterocycles. The number of fused-ring (bicyclic) bond motifs is 2. The van der Waals surface area contributed by atoms with Crippen LogP contribution in [0.4, 0.5) is 0 Å². The van der Waals surface area contributed by atoms with Crippen molar-refractivity contribution in [3.63, 3.8) is 0 Å². The number of nitrogens with one attached hydrogen (secondary N) is 2. The van der Waals surface area contributed by atoms with Gasteiger partial charge in [-0.05, 0) is 30.9 Å². The van der Waals surface area contributed by atoms with Gasteiger partial charge in [0.15, 0.2) is 5.78 Å². The van der Waals surface area contributed by atoms with E-state index in [0.717, 1.165) is 29.3 Å². The van der Waals surface area contributed by atoms with E-state index < -0.39 is 18.0 Å². The third kappa shape index (κ3) is 4.46. The zero-order chi connectivity index (χ0) is 22.7. The zero-order valence-corrected chi connectivity index (χ0v) is 18.1. The number of Topliss-reactive ketones (excluding diaryl/α,β-unsaturated/α-hetero) is 1. The van der Waals surface area contributed by atoms with E-state index in [1.165, 1.54) is 0 Å². The zero-order valence-electron chi connectivity index (χ0n) is 18.1. The van der Waals surface area contributed by atoms with Crippen molar-refractivity contribution < 1.29 is 24.0 Å². The van der Waals surface area contributed by atoms with Crippen LogP contribution in [-0.2, 0) is 25.6 Å². The molecule has 0 radical (unpaired) electrons. The summed E-state index contributed by atoms with van der Waals surface area (Å²) in [5.41, 5.74) is 1.68. The first-order valence-electron chi connectivity index (χ1n) is 11.0. The first kappa shape index (κ1) is 21.9. The fourth-order valence-electron chi connectivity index (χ4n) is 4.58. The van der Waals surface area contributed by atoms with E-state index in [0.29, 0.717) is 13.0 Å². The number of nitrogens with zero attached hydrogens (tertiary/aromatic N) is 2. The summed E-state index contributed by atoms with van der Waals surface area (Å²) in [4.78, 5) is 57.9. The average molecular weight is 441 g/mol. The van der Waals surface area contributed by atoms with Crippen LogP contribution in [0, 0.1) is 0 Å². The van der Waals surface area contributed by atoms with E-state index in [2.05, 4.69) is 10.6 Å². The van der Waals surface area contributed by atoms with E-state index in [1.807, 2.05) is 24.3 Å². The van der Waals surface area contributed by atoms with Gasteiger partial charge in [-0.3, -0.25) is 19.2 Å². The second kappa shape index (κ2) is 9.42. The summed E-state index contributed by atoms with van der Waals surface area (Å²) < 4.78 is 1.61. The first-order chi connectivity index (χ1) is 15.5. The lowest BCUT2D eigenvalue weighted by Gasteiger charge is -2.35. The van der Waals surface area contributed by atoms with Crippen molar-refractivity contribution >= 4 is 34.4 Å². The molecule has 170 valence electrons. The lowest BCUT2D eigenvalue weighted by molar-refractivity contribution is -0.142. The van der Waals surface area contributed by atoms with Crippen LogP contribution in [-0.4, -0.2) is 65.4 Å². The highest BCUT2D eigenvalue weighted by molar-refractivity contribution is 5.96. The molecule has 2 fully saturated rings. The quantitative estimate of drug-likeness (QED) is 0.726. The largest absolute Gasteiger partial charge is 0.417 e. The van der Waals surface area contributed by atoms with Gasteiger partial charge in [-0.25, -0.2) is 0 Å². The van der Waals surface area contributed by atoms with E-state index >= 15 is 0 Å². The molecule has 3 heterocycles. The Labute approximate surface area is 186 Å². The third-order valence-electron chi connectivity index (χ3n) is 6.24. The van der Waals surface area contributed by atoms with Gasteiger partial charge in [0, 0.05) is 37.4 Å². The number of rotatable bonds is 3. The lowest BCUT2D eigenvalue weighted by Crippen LogP contribution is -2.54. The molecule has 2 aromatic rings. The molecule has 32 heavy (non-hydrogen) atoms. The molecule has 2 aliphatic rings. The minimum atomic E-state index is -0.877. The molecule has 1 aromatic heterocycles. The number of carbonyl (C=O) groups excluding carboxylic acids is 4. The Morgan fingerprint density at radius 1 is 1.09 bits per heavy atom. The summed E-state index contributed by atoms with van der Waals surface area (Å²) in [6.45, 7) is 0.298. The maximum Gasteiger partial charge on any atom is 0.243 e. The van der Waals surface area contributed by atoms with Crippen LogP contribution in [0.25, 0.3) is 10.9 Å². The summed E-state index contributed by atoms with van der Waals surface area (Å²) in [6, 6.07) is 6.23. The van der Waals surface area contributed by atoms with E-state index in [1.54, 1.807) is 22.9 Å². The smallest absolute Gasteiger partial charge is 0.243 e. The van der Waals surface area contributed by atoms with Crippen LogP contribution in [0.15, 0.2) is 30.5 Å². The van der Waals surface area contributed by atoms with Crippen molar-refractivity contribution in [2.45, 2.75) is 50.6 Å². The van der Waals surface area contributed by atoms with Gasteiger partial charge in [0.25, 0.3) is 0 Å². The molecule has 2 atom stereocenters. The van der Waals surface area contributed by atoms with Gasteiger partial charge in [-0.1, -0.05) is 18.2 Å². The Morgan fingerprint density at radius 2 is 1.91 bits per heavy atom. The van der Waals surface area contributed by atoms with Crippen molar-refractivity contribution in [3.05, 3.63) is 36.0 Å². The van der Waals surface area contributed by atoms with Crippen LogP contribution in [0.5, 0.6) is 0 Å². The van der Waals surface area contributed by atoms with E-state index in [4.69, 9.17) is 4.84 Å². The molecule has 1 unspecified atom stereocenters.